The zero-order valence-corrected chi connectivity index (χ0v) is 12.0. The number of nitrogens with one attached hydrogen (secondary N) is 1. The van der Waals surface area contributed by atoms with Crippen molar-refractivity contribution in [3.05, 3.63) is 35.9 Å². The van der Waals surface area contributed by atoms with Gasteiger partial charge in [0.05, 0.1) is 5.52 Å². The van der Waals surface area contributed by atoms with Gasteiger partial charge in [-0.25, -0.2) is 4.98 Å². The Morgan fingerprint density at radius 3 is 2.75 bits per heavy atom. The Balaban J connectivity index is 2.04. The highest BCUT2D eigenvalue weighted by Gasteiger charge is 2.24. The van der Waals surface area contributed by atoms with E-state index in [9.17, 15) is 4.79 Å². The number of amides is 1. The number of rotatable bonds is 2. The van der Waals surface area contributed by atoms with Crippen LogP contribution in [0, 0.1) is 0 Å². The number of carbonyl (C=O) groups excluding carboxylic acids is 1. The quantitative estimate of drug-likeness (QED) is 0.901. The molecule has 106 valence electrons. The van der Waals surface area contributed by atoms with Crippen molar-refractivity contribution in [1.29, 1.82) is 0 Å². The van der Waals surface area contributed by atoms with Crippen molar-refractivity contribution >= 4 is 11.4 Å². The predicted octanol–water partition coefficient (Wildman–Crippen LogP) is 1.50. The van der Waals surface area contributed by atoms with Gasteiger partial charge >= 0.3 is 0 Å². The van der Waals surface area contributed by atoms with Gasteiger partial charge in [-0.2, -0.15) is 0 Å². The van der Waals surface area contributed by atoms with Crippen molar-refractivity contribution < 1.29 is 4.79 Å². The molecule has 20 heavy (non-hydrogen) atoms. The lowest BCUT2D eigenvalue weighted by Gasteiger charge is -2.26. The van der Waals surface area contributed by atoms with E-state index in [1.54, 1.807) is 0 Å². The molecule has 3 rings (SSSR count). The standard InChI is InChI=1S/C15H20N4O/c1-11(2)14-17-13(12-5-3-4-8-19(12)14)15(20)18-9-6-16-7-10-18/h3-5,8,11,16H,6-7,9-10H2,1-2H3. The van der Waals surface area contributed by atoms with Crippen LogP contribution in [0.5, 0.6) is 0 Å². The highest BCUT2D eigenvalue weighted by molar-refractivity contribution is 5.99. The average molecular weight is 272 g/mol. The number of piperazine rings is 1. The van der Waals surface area contributed by atoms with E-state index in [0.717, 1.165) is 37.5 Å². The number of carbonyl (C=O) groups is 1. The molecule has 1 fully saturated rings. The Morgan fingerprint density at radius 2 is 2.05 bits per heavy atom. The van der Waals surface area contributed by atoms with Crippen molar-refractivity contribution in [3.63, 3.8) is 0 Å². The van der Waals surface area contributed by atoms with Gasteiger partial charge in [-0.15, -0.1) is 0 Å². The summed E-state index contributed by atoms with van der Waals surface area (Å²) in [5, 5.41) is 3.26. The molecule has 0 aliphatic carbocycles. The molecule has 5 nitrogen and oxygen atoms in total. The lowest BCUT2D eigenvalue weighted by atomic mass is 10.2. The van der Waals surface area contributed by atoms with E-state index in [0.29, 0.717) is 5.69 Å². The van der Waals surface area contributed by atoms with E-state index in [1.165, 1.54) is 0 Å². The molecule has 0 atom stereocenters. The minimum Gasteiger partial charge on any atom is -0.335 e. The molecule has 5 heteroatoms. The molecule has 1 aliphatic rings. The molecule has 1 N–H and O–H groups in total. The Hall–Kier alpha value is -1.88. The van der Waals surface area contributed by atoms with E-state index in [-0.39, 0.29) is 11.8 Å². The summed E-state index contributed by atoms with van der Waals surface area (Å²) < 4.78 is 2.03. The van der Waals surface area contributed by atoms with Crippen molar-refractivity contribution in [2.45, 2.75) is 19.8 Å². The number of aromatic nitrogens is 2. The van der Waals surface area contributed by atoms with Crippen LogP contribution in [0.15, 0.2) is 24.4 Å². The van der Waals surface area contributed by atoms with Gasteiger partial charge in [-0.3, -0.25) is 4.79 Å². The minimum absolute atomic E-state index is 0.0436. The average Bonchev–Trinajstić information content (AvgIpc) is 2.87. The van der Waals surface area contributed by atoms with E-state index in [1.807, 2.05) is 33.7 Å². The summed E-state index contributed by atoms with van der Waals surface area (Å²) in [4.78, 5) is 19.2. The third-order valence-electron chi connectivity index (χ3n) is 3.70. The first-order chi connectivity index (χ1) is 9.68. The normalized spacial score (nSPS) is 16.1. The summed E-state index contributed by atoms with van der Waals surface area (Å²) in [6, 6.07) is 5.89. The summed E-state index contributed by atoms with van der Waals surface area (Å²) in [5.41, 5.74) is 1.48. The topological polar surface area (TPSA) is 49.6 Å². The van der Waals surface area contributed by atoms with Crippen LogP contribution in [-0.2, 0) is 0 Å². The first-order valence-corrected chi connectivity index (χ1v) is 7.15. The number of nitrogens with zero attached hydrogens (tertiary/aromatic N) is 3. The lowest BCUT2D eigenvalue weighted by Crippen LogP contribution is -2.46. The van der Waals surface area contributed by atoms with E-state index < -0.39 is 0 Å². The SMILES string of the molecule is CC(C)c1nc(C(=O)N2CCNCC2)c2ccccn12. The van der Waals surface area contributed by atoms with Crippen molar-refractivity contribution in [1.82, 2.24) is 19.6 Å². The number of fused-ring (bicyclic) bond motifs is 1. The first-order valence-electron chi connectivity index (χ1n) is 7.15. The fourth-order valence-electron chi connectivity index (χ4n) is 2.64. The van der Waals surface area contributed by atoms with Crippen molar-refractivity contribution in [2.24, 2.45) is 0 Å². The van der Waals surface area contributed by atoms with Crippen LogP contribution in [0.2, 0.25) is 0 Å². The summed E-state index contributed by atoms with van der Waals surface area (Å²) in [6.45, 7) is 7.41. The predicted molar refractivity (Wildman–Crippen MR) is 78.1 cm³/mol. The highest BCUT2D eigenvalue weighted by atomic mass is 16.2. The largest absolute Gasteiger partial charge is 0.335 e. The fourth-order valence-corrected chi connectivity index (χ4v) is 2.64. The molecule has 2 aromatic heterocycles. The molecule has 1 saturated heterocycles. The Bertz CT molecular complexity index is 626. The molecule has 3 heterocycles. The van der Waals surface area contributed by atoms with Gasteiger partial charge in [0.25, 0.3) is 5.91 Å². The molecule has 0 aromatic carbocycles. The van der Waals surface area contributed by atoms with Crippen LogP contribution in [0.1, 0.15) is 36.1 Å². The van der Waals surface area contributed by atoms with Crippen molar-refractivity contribution in [2.75, 3.05) is 26.2 Å². The molecular weight excluding hydrogens is 252 g/mol. The number of hydrogen-bond donors (Lipinski definition) is 1. The molecular formula is C15H20N4O. The zero-order valence-electron chi connectivity index (χ0n) is 12.0. The molecule has 1 amide bonds. The monoisotopic (exact) mass is 272 g/mol. The second-order valence-electron chi connectivity index (χ2n) is 5.47. The van der Waals surface area contributed by atoms with E-state index in [4.69, 9.17) is 0 Å². The number of hydrogen-bond acceptors (Lipinski definition) is 3. The molecule has 0 bridgehead atoms. The minimum atomic E-state index is 0.0436. The second kappa shape index (κ2) is 5.25. The van der Waals surface area contributed by atoms with Crippen LogP contribution in [0.25, 0.3) is 5.52 Å². The fraction of sp³-hybridized carbons (Fsp3) is 0.467. The maximum atomic E-state index is 12.7. The number of pyridine rings is 1. The maximum Gasteiger partial charge on any atom is 0.274 e. The summed E-state index contributed by atoms with van der Waals surface area (Å²) >= 11 is 0. The maximum absolute atomic E-state index is 12.7. The summed E-state index contributed by atoms with van der Waals surface area (Å²) in [7, 11) is 0. The van der Waals surface area contributed by atoms with E-state index >= 15 is 0 Å². The van der Waals surface area contributed by atoms with Gasteiger partial charge in [-0.1, -0.05) is 19.9 Å². The molecule has 0 unspecified atom stereocenters. The van der Waals surface area contributed by atoms with Gasteiger partial charge in [0.15, 0.2) is 5.69 Å². The lowest BCUT2D eigenvalue weighted by molar-refractivity contribution is 0.0732. The molecule has 0 radical (unpaired) electrons. The molecule has 0 saturated carbocycles. The zero-order chi connectivity index (χ0) is 14.1. The highest BCUT2D eigenvalue weighted by Crippen LogP contribution is 2.20. The third kappa shape index (κ3) is 2.18. The van der Waals surface area contributed by atoms with Gasteiger partial charge in [0.2, 0.25) is 0 Å². The van der Waals surface area contributed by atoms with Crippen LogP contribution in [-0.4, -0.2) is 46.4 Å². The second-order valence-corrected chi connectivity index (χ2v) is 5.47. The van der Waals surface area contributed by atoms with Crippen LogP contribution >= 0.6 is 0 Å². The Kier molecular flexibility index (Phi) is 3.44. The Labute approximate surface area is 118 Å². The van der Waals surface area contributed by atoms with Gasteiger partial charge in [0.1, 0.15) is 5.82 Å². The van der Waals surface area contributed by atoms with Crippen LogP contribution < -0.4 is 5.32 Å². The smallest absolute Gasteiger partial charge is 0.274 e. The van der Waals surface area contributed by atoms with Crippen LogP contribution in [0.4, 0.5) is 0 Å². The molecule has 1 aliphatic heterocycles. The van der Waals surface area contributed by atoms with E-state index in [2.05, 4.69) is 24.1 Å². The van der Waals surface area contributed by atoms with Gasteiger partial charge < -0.3 is 14.6 Å². The number of imidazole rings is 1. The summed E-state index contributed by atoms with van der Waals surface area (Å²) in [6.07, 6.45) is 1.98. The molecule has 0 spiro atoms. The van der Waals surface area contributed by atoms with Crippen molar-refractivity contribution in [3.8, 4) is 0 Å². The first kappa shape index (κ1) is 13.1. The van der Waals surface area contributed by atoms with Gasteiger partial charge in [0, 0.05) is 38.3 Å². The molecule has 2 aromatic rings. The van der Waals surface area contributed by atoms with Crippen LogP contribution in [0.3, 0.4) is 0 Å². The third-order valence-corrected chi connectivity index (χ3v) is 3.70. The Morgan fingerprint density at radius 1 is 1.30 bits per heavy atom. The van der Waals surface area contributed by atoms with Gasteiger partial charge in [-0.05, 0) is 12.1 Å². The summed E-state index contributed by atoms with van der Waals surface area (Å²) in [5.74, 6) is 1.27.